The zero-order valence-corrected chi connectivity index (χ0v) is 11.6. The summed E-state index contributed by atoms with van der Waals surface area (Å²) in [5.41, 5.74) is 5.44. The van der Waals surface area contributed by atoms with Crippen LogP contribution in [0.15, 0.2) is 0 Å². The highest BCUT2D eigenvalue weighted by Gasteiger charge is 2.42. The molecule has 1 aliphatic carbocycles. The number of nitrogens with one attached hydrogen (secondary N) is 2. The number of hydrogen-bond acceptors (Lipinski definition) is 3. The van der Waals surface area contributed by atoms with E-state index in [1.165, 1.54) is 0 Å². The van der Waals surface area contributed by atoms with Crippen LogP contribution in [0.25, 0.3) is 0 Å². The van der Waals surface area contributed by atoms with Crippen LogP contribution in [-0.2, 0) is 9.59 Å². The second-order valence-electron chi connectivity index (χ2n) is 5.80. The lowest BCUT2D eigenvalue weighted by Gasteiger charge is -2.27. The third kappa shape index (κ3) is 3.70. The van der Waals surface area contributed by atoms with Crippen LogP contribution < -0.4 is 16.4 Å². The largest absolute Gasteiger partial charge is 0.354 e. The lowest BCUT2D eigenvalue weighted by molar-refractivity contribution is -0.132. The summed E-state index contributed by atoms with van der Waals surface area (Å²) < 4.78 is 0. The lowest BCUT2D eigenvalue weighted by atomic mass is 9.84. The molecule has 4 N–H and O–H groups in total. The highest BCUT2D eigenvalue weighted by atomic mass is 16.2. The zero-order chi connectivity index (χ0) is 13.8. The van der Waals surface area contributed by atoms with Crippen molar-refractivity contribution in [1.82, 2.24) is 10.6 Å². The number of rotatable bonds is 5. The standard InChI is InChI=1S/C13H25N3O2/c1-9(2)7-15-11(17)8-16-12(18)13(3)6-4-5-10(13)14/h9-10H,4-8,14H2,1-3H3,(H,15,17)(H,16,18). The van der Waals surface area contributed by atoms with E-state index in [-0.39, 0.29) is 24.4 Å². The minimum atomic E-state index is -0.516. The molecule has 1 saturated carbocycles. The van der Waals surface area contributed by atoms with E-state index in [0.29, 0.717) is 12.5 Å². The summed E-state index contributed by atoms with van der Waals surface area (Å²) in [5.74, 6) is 0.157. The molecule has 1 rings (SSSR count). The van der Waals surface area contributed by atoms with Gasteiger partial charge in [0.05, 0.1) is 12.0 Å². The van der Waals surface area contributed by atoms with Gasteiger partial charge in [-0.05, 0) is 25.7 Å². The maximum Gasteiger partial charge on any atom is 0.239 e. The van der Waals surface area contributed by atoms with Gasteiger partial charge < -0.3 is 16.4 Å². The van der Waals surface area contributed by atoms with Gasteiger partial charge in [0.15, 0.2) is 0 Å². The van der Waals surface area contributed by atoms with Gasteiger partial charge in [0.2, 0.25) is 11.8 Å². The van der Waals surface area contributed by atoms with Crippen molar-refractivity contribution >= 4 is 11.8 Å². The second kappa shape index (κ2) is 6.18. The predicted octanol–water partition coefficient (Wildman–Crippen LogP) is 0.392. The summed E-state index contributed by atoms with van der Waals surface area (Å²) in [6.07, 6.45) is 2.65. The van der Waals surface area contributed by atoms with E-state index < -0.39 is 5.41 Å². The van der Waals surface area contributed by atoms with Crippen molar-refractivity contribution in [2.45, 2.75) is 46.1 Å². The number of nitrogens with two attached hydrogens (primary N) is 1. The molecule has 18 heavy (non-hydrogen) atoms. The Bertz CT molecular complexity index is 317. The van der Waals surface area contributed by atoms with E-state index in [9.17, 15) is 9.59 Å². The molecule has 0 aromatic carbocycles. The molecule has 5 nitrogen and oxygen atoms in total. The highest BCUT2D eigenvalue weighted by Crippen LogP contribution is 2.36. The molecule has 2 amide bonds. The Kier molecular flexibility index (Phi) is 5.14. The van der Waals surface area contributed by atoms with E-state index in [0.717, 1.165) is 19.3 Å². The van der Waals surface area contributed by atoms with Crippen LogP contribution >= 0.6 is 0 Å². The van der Waals surface area contributed by atoms with Crippen molar-refractivity contribution < 1.29 is 9.59 Å². The summed E-state index contributed by atoms with van der Waals surface area (Å²) in [7, 11) is 0. The first kappa shape index (κ1) is 15.0. The van der Waals surface area contributed by atoms with Crippen LogP contribution in [0.2, 0.25) is 0 Å². The Labute approximate surface area is 109 Å². The fourth-order valence-corrected chi connectivity index (χ4v) is 2.22. The first-order chi connectivity index (χ1) is 8.36. The Balaban J connectivity index is 2.35. The molecule has 5 heteroatoms. The molecule has 0 aromatic heterocycles. The van der Waals surface area contributed by atoms with Crippen molar-refractivity contribution in [3.8, 4) is 0 Å². The van der Waals surface area contributed by atoms with Gasteiger partial charge in [-0.1, -0.05) is 20.3 Å². The van der Waals surface area contributed by atoms with Crippen molar-refractivity contribution in [3.05, 3.63) is 0 Å². The van der Waals surface area contributed by atoms with Gasteiger partial charge in [-0.25, -0.2) is 0 Å². The molecular weight excluding hydrogens is 230 g/mol. The average Bonchev–Trinajstić information content (AvgIpc) is 2.65. The van der Waals surface area contributed by atoms with E-state index in [4.69, 9.17) is 5.73 Å². The topological polar surface area (TPSA) is 84.2 Å². The molecule has 0 saturated heterocycles. The molecule has 2 atom stereocenters. The maximum atomic E-state index is 12.0. The zero-order valence-electron chi connectivity index (χ0n) is 11.6. The molecule has 0 aromatic rings. The van der Waals surface area contributed by atoms with Crippen LogP contribution in [0, 0.1) is 11.3 Å². The lowest BCUT2D eigenvalue weighted by Crippen LogP contribution is -2.49. The smallest absolute Gasteiger partial charge is 0.239 e. The average molecular weight is 255 g/mol. The van der Waals surface area contributed by atoms with Crippen LogP contribution in [0.1, 0.15) is 40.0 Å². The number of carbonyl (C=O) groups is 2. The summed E-state index contributed by atoms with van der Waals surface area (Å²) in [5, 5.41) is 5.45. The Hall–Kier alpha value is -1.10. The van der Waals surface area contributed by atoms with Gasteiger partial charge in [-0.3, -0.25) is 9.59 Å². The third-order valence-electron chi connectivity index (χ3n) is 3.67. The van der Waals surface area contributed by atoms with Crippen molar-refractivity contribution in [2.24, 2.45) is 17.1 Å². The quantitative estimate of drug-likeness (QED) is 0.664. The highest BCUT2D eigenvalue weighted by molar-refractivity contribution is 5.88. The molecule has 0 radical (unpaired) electrons. The Morgan fingerprint density at radius 2 is 2.06 bits per heavy atom. The minimum absolute atomic E-state index is 0.0356. The molecule has 0 spiro atoms. The SMILES string of the molecule is CC(C)CNC(=O)CNC(=O)C1(C)CCCC1N. The Morgan fingerprint density at radius 3 is 2.56 bits per heavy atom. The monoisotopic (exact) mass is 255 g/mol. The molecule has 1 fully saturated rings. The van der Waals surface area contributed by atoms with Crippen molar-refractivity contribution in [1.29, 1.82) is 0 Å². The van der Waals surface area contributed by atoms with Gasteiger partial charge in [0, 0.05) is 12.6 Å². The summed E-state index contributed by atoms with van der Waals surface area (Å²) in [4.78, 5) is 23.5. The molecule has 0 bridgehead atoms. The van der Waals surface area contributed by atoms with Gasteiger partial charge in [0.25, 0.3) is 0 Å². The maximum absolute atomic E-state index is 12.0. The summed E-state index contributed by atoms with van der Waals surface area (Å²) in [6.45, 7) is 6.60. The third-order valence-corrected chi connectivity index (χ3v) is 3.67. The van der Waals surface area contributed by atoms with Crippen molar-refractivity contribution in [2.75, 3.05) is 13.1 Å². The second-order valence-corrected chi connectivity index (χ2v) is 5.80. The number of carbonyl (C=O) groups excluding carboxylic acids is 2. The molecule has 2 unspecified atom stereocenters. The number of hydrogen-bond donors (Lipinski definition) is 3. The minimum Gasteiger partial charge on any atom is -0.354 e. The van der Waals surface area contributed by atoms with E-state index in [1.54, 1.807) is 0 Å². The predicted molar refractivity (Wildman–Crippen MR) is 70.8 cm³/mol. The van der Waals surface area contributed by atoms with E-state index in [2.05, 4.69) is 10.6 Å². The molecule has 0 aliphatic heterocycles. The first-order valence-electron chi connectivity index (χ1n) is 6.67. The summed E-state index contributed by atoms with van der Waals surface area (Å²) >= 11 is 0. The van der Waals surface area contributed by atoms with Gasteiger partial charge in [-0.15, -0.1) is 0 Å². The van der Waals surface area contributed by atoms with E-state index >= 15 is 0 Å². The van der Waals surface area contributed by atoms with E-state index in [1.807, 2.05) is 20.8 Å². The van der Waals surface area contributed by atoms with Gasteiger partial charge >= 0.3 is 0 Å². The fraction of sp³-hybridized carbons (Fsp3) is 0.846. The Morgan fingerprint density at radius 1 is 1.39 bits per heavy atom. The fourth-order valence-electron chi connectivity index (χ4n) is 2.22. The molecule has 0 heterocycles. The molecular formula is C13H25N3O2. The van der Waals surface area contributed by atoms with Crippen LogP contribution in [0.4, 0.5) is 0 Å². The first-order valence-corrected chi connectivity index (χ1v) is 6.67. The van der Waals surface area contributed by atoms with Crippen LogP contribution in [-0.4, -0.2) is 30.9 Å². The van der Waals surface area contributed by atoms with Crippen LogP contribution in [0.5, 0.6) is 0 Å². The molecule has 1 aliphatic rings. The normalized spacial score (nSPS) is 27.3. The van der Waals surface area contributed by atoms with Crippen molar-refractivity contribution in [3.63, 3.8) is 0 Å². The molecule has 104 valence electrons. The van der Waals surface area contributed by atoms with Gasteiger partial charge in [0.1, 0.15) is 0 Å². The van der Waals surface area contributed by atoms with Gasteiger partial charge in [-0.2, -0.15) is 0 Å². The summed E-state index contributed by atoms with van der Waals surface area (Å²) in [6, 6.07) is -0.101. The number of amides is 2. The van der Waals surface area contributed by atoms with Crippen LogP contribution in [0.3, 0.4) is 0 Å².